The Balaban J connectivity index is 1.55. The Hall–Kier alpha value is -3.05. The minimum absolute atomic E-state index is 0.00852. The van der Waals surface area contributed by atoms with Crippen molar-refractivity contribution in [1.29, 1.82) is 0 Å². The highest BCUT2D eigenvalue weighted by atomic mass is 16.7. The second-order valence-corrected chi connectivity index (χ2v) is 10.0. The first-order chi connectivity index (χ1) is 19.0. The molecule has 5 rings (SSSR count). The number of aliphatic hydroxyl groups excluding tert-OH is 7. The smallest absolute Gasteiger partial charge is 0.268 e. The topological polar surface area (TPSA) is 236 Å². The van der Waals surface area contributed by atoms with Gasteiger partial charge in [0, 0.05) is 12.1 Å². The highest BCUT2D eigenvalue weighted by molar-refractivity contribution is 6.02. The van der Waals surface area contributed by atoms with Crippen molar-refractivity contribution in [3.63, 3.8) is 0 Å². The summed E-state index contributed by atoms with van der Waals surface area (Å²) < 4.78 is 23.0. The van der Waals surface area contributed by atoms with Crippen molar-refractivity contribution in [1.82, 2.24) is 0 Å². The van der Waals surface area contributed by atoms with Crippen LogP contribution in [-0.2, 0) is 9.47 Å². The summed E-state index contributed by atoms with van der Waals surface area (Å²) in [5.41, 5.74) is 0.400. The third-order valence-electron chi connectivity index (χ3n) is 7.40. The van der Waals surface area contributed by atoms with E-state index in [1.165, 1.54) is 18.2 Å². The zero-order valence-corrected chi connectivity index (χ0v) is 20.8. The third kappa shape index (κ3) is 4.76. The van der Waals surface area contributed by atoms with E-state index < -0.39 is 85.5 Å². The van der Waals surface area contributed by atoms with E-state index in [0.29, 0.717) is 5.56 Å². The number of aromatic hydroxyl groups is 2. The van der Waals surface area contributed by atoms with E-state index in [1.54, 1.807) is 12.1 Å². The van der Waals surface area contributed by atoms with Crippen molar-refractivity contribution in [3.05, 3.63) is 47.5 Å². The highest BCUT2D eigenvalue weighted by Crippen LogP contribution is 2.45. The number of rotatable bonds is 5. The van der Waals surface area contributed by atoms with Gasteiger partial charge < -0.3 is 64.9 Å². The van der Waals surface area contributed by atoms with Gasteiger partial charge in [0.05, 0.1) is 19.6 Å². The van der Waals surface area contributed by atoms with Crippen LogP contribution in [0.2, 0.25) is 0 Å². The van der Waals surface area contributed by atoms with Crippen LogP contribution in [0.4, 0.5) is 0 Å². The number of benzene rings is 2. The minimum atomic E-state index is -2.62. The van der Waals surface area contributed by atoms with Crippen molar-refractivity contribution >= 4 is 5.78 Å². The Morgan fingerprint density at radius 3 is 2.30 bits per heavy atom. The normalized spacial score (nSPS) is 37.9. The molecule has 3 heterocycles. The van der Waals surface area contributed by atoms with Gasteiger partial charge in [0.25, 0.3) is 5.79 Å². The van der Waals surface area contributed by atoms with Crippen LogP contribution in [0.3, 0.4) is 0 Å². The van der Waals surface area contributed by atoms with Crippen molar-refractivity contribution in [2.24, 2.45) is 0 Å². The lowest BCUT2D eigenvalue weighted by Crippen LogP contribution is -2.76. The van der Waals surface area contributed by atoms with Crippen LogP contribution < -0.4 is 9.47 Å². The lowest BCUT2D eigenvalue weighted by atomic mass is 9.84. The zero-order chi connectivity index (χ0) is 28.9. The van der Waals surface area contributed by atoms with Gasteiger partial charge in [-0.15, -0.1) is 0 Å². The predicted octanol–water partition coefficient (Wildman–Crippen LogP) is -2.17. The fourth-order valence-electron chi connectivity index (χ4n) is 5.24. The quantitative estimate of drug-likeness (QED) is 0.187. The number of phenolic OH excluding ortho intramolecular Hbond substituents is 2. The molecule has 218 valence electrons. The Morgan fingerprint density at radius 2 is 1.62 bits per heavy atom. The van der Waals surface area contributed by atoms with E-state index in [1.807, 2.05) is 0 Å². The number of hydrogen-bond acceptors (Lipinski definition) is 14. The summed E-state index contributed by atoms with van der Waals surface area (Å²) in [5, 5.41) is 93.0. The zero-order valence-electron chi connectivity index (χ0n) is 20.8. The predicted molar refractivity (Wildman–Crippen MR) is 130 cm³/mol. The summed E-state index contributed by atoms with van der Waals surface area (Å²) >= 11 is 0. The molecule has 0 radical (unpaired) electrons. The lowest BCUT2D eigenvalue weighted by molar-refractivity contribution is -0.388. The Labute approximate surface area is 226 Å². The molecule has 0 aliphatic carbocycles. The number of hydrogen-bond donors (Lipinski definition) is 9. The summed E-state index contributed by atoms with van der Waals surface area (Å²) in [6.07, 6.45) is -15.5. The maximum atomic E-state index is 12.9. The standard InChI is InChI=1S/C26H30O14/c27-8-18-21(33)22(34)24(36)26(40-18,25-23(35)20(32)15(31)9-37-25)39-12-5-13(29)19-14(30)7-16(38-17(19)6-12)10-1-3-11(28)4-2-10/h1-6,15-16,18,20-25,27-29,31-36H,7-9H2. The molecule has 14 heteroatoms. The molecule has 9 N–H and O–H groups in total. The van der Waals surface area contributed by atoms with Crippen LogP contribution in [-0.4, -0.2) is 120 Å². The second-order valence-electron chi connectivity index (χ2n) is 10.0. The lowest BCUT2D eigenvalue weighted by Gasteiger charge is -2.53. The molecular weight excluding hydrogens is 536 g/mol. The summed E-state index contributed by atoms with van der Waals surface area (Å²) in [5.74, 6) is -4.08. The van der Waals surface area contributed by atoms with E-state index in [-0.39, 0.29) is 29.2 Å². The Morgan fingerprint density at radius 1 is 0.925 bits per heavy atom. The van der Waals surface area contributed by atoms with E-state index in [4.69, 9.17) is 18.9 Å². The first-order valence-electron chi connectivity index (χ1n) is 12.5. The molecule has 3 aliphatic heterocycles. The average molecular weight is 567 g/mol. The number of carbonyl (C=O) groups excluding carboxylic acids is 1. The van der Waals surface area contributed by atoms with Gasteiger partial charge in [-0.25, -0.2) is 0 Å². The maximum absolute atomic E-state index is 12.9. The van der Waals surface area contributed by atoms with Gasteiger partial charge in [-0.05, 0) is 17.7 Å². The van der Waals surface area contributed by atoms with Gasteiger partial charge in [0.2, 0.25) is 0 Å². The summed E-state index contributed by atoms with van der Waals surface area (Å²) in [7, 11) is 0. The first-order valence-corrected chi connectivity index (χ1v) is 12.5. The van der Waals surface area contributed by atoms with Crippen molar-refractivity contribution < 1.29 is 69.7 Å². The van der Waals surface area contributed by atoms with Crippen LogP contribution in [0, 0.1) is 0 Å². The fraction of sp³-hybridized carbons (Fsp3) is 0.500. The molecular formula is C26H30O14. The number of ether oxygens (including phenoxy) is 4. The molecule has 10 unspecified atom stereocenters. The van der Waals surface area contributed by atoms with E-state index in [0.717, 1.165) is 6.07 Å². The van der Waals surface area contributed by atoms with Gasteiger partial charge in [0.1, 0.15) is 71.3 Å². The van der Waals surface area contributed by atoms with Crippen molar-refractivity contribution in [2.45, 2.75) is 67.1 Å². The van der Waals surface area contributed by atoms with Crippen LogP contribution in [0.25, 0.3) is 0 Å². The molecule has 0 saturated carbocycles. The van der Waals surface area contributed by atoms with Gasteiger partial charge >= 0.3 is 0 Å². The van der Waals surface area contributed by atoms with Gasteiger partial charge in [0.15, 0.2) is 18.0 Å². The molecule has 0 amide bonds. The average Bonchev–Trinajstić information content (AvgIpc) is 2.92. The molecule has 0 aromatic heterocycles. The summed E-state index contributed by atoms with van der Waals surface area (Å²) in [6.45, 7) is -1.42. The van der Waals surface area contributed by atoms with Crippen LogP contribution in [0.15, 0.2) is 36.4 Å². The number of aliphatic hydroxyl groups is 7. The van der Waals surface area contributed by atoms with E-state index in [9.17, 15) is 50.8 Å². The van der Waals surface area contributed by atoms with Crippen LogP contribution >= 0.6 is 0 Å². The number of carbonyl (C=O) groups is 1. The molecule has 2 saturated heterocycles. The monoisotopic (exact) mass is 566 g/mol. The number of Topliss-reactive ketones (excluding diaryl/α,β-unsaturated/α-hetero) is 1. The molecule has 2 aromatic rings. The van der Waals surface area contributed by atoms with Gasteiger partial charge in [-0.1, -0.05) is 12.1 Å². The van der Waals surface area contributed by atoms with E-state index >= 15 is 0 Å². The van der Waals surface area contributed by atoms with Crippen molar-refractivity contribution in [2.75, 3.05) is 13.2 Å². The molecule has 0 bridgehead atoms. The van der Waals surface area contributed by atoms with Gasteiger partial charge in [-0.3, -0.25) is 4.79 Å². The van der Waals surface area contributed by atoms with Gasteiger partial charge in [-0.2, -0.15) is 0 Å². The van der Waals surface area contributed by atoms with Crippen molar-refractivity contribution in [3.8, 4) is 23.0 Å². The molecule has 2 fully saturated rings. The largest absolute Gasteiger partial charge is 0.508 e. The molecule has 0 spiro atoms. The molecule has 3 aliphatic rings. The second kappa shape index (κ2) is 10.7. The molecule has 40 heavy (non-hydrogen) atoms. The maximum Gasteiger partial charge on any atom is 0.268 e. The molecule has 2 aromatic carbocycles. The van der Waals surface area contributed by atoms with Crippen LogP contribution in [0.1, 0.15) is 28.4 Å². The Kier molecular flexibility index (Phi) is 7.64. The third-order valence-corrected chi connectivity index (χ3v) is 7.40. The molecule has 10 atom stereocenters. The van der Waals surface area contributed by atoms with E-state index in [2.05, 4.69) is 0 Å². The summed E-state index contributed by atoms with van der Waals surface area (Å²) in [6, 6.07) is 8.12. The number of ketones is 1. The fourth-order valence-corrected chi connectivity index (χ4v) is 5.24. The first kappa shape index (κ1) is 28.5. The number of fused-ring (bicyclic) bond motifs is 1. The number of phenols is 2. The summed E-state index contributed by atoms with van der Waals surface area (Å²) in [4.78, 5) is 12.9. The SMILES string of the molecule is O=C1CC(c2ccc(O)cc2)Oc2cc(OC3(C4OCC(O)C(O)C4O)OC(CO)C(O)C(O)C3O)cc(O)c21. The Bertz CT molecular complexity index is 1230. The minimum Gasteiger partial charge on any atom is -0.508 e. The molecule has 14 nitrogen and oxygen atoms in total. The van der Waals surface area contributed by atoms with Crippen LogP contribution in [0.5, 0.6) is 23.0 Å². The highest BCUT2D eigenvalue weighted by Gasteiger charge is 2.64.